The summed E-state index contributed by atoms with van der Waals surface area (Å²) in [6.45, 7) is 5.89. The van der Waals surface area contributed by atoms with E-state index in [1.807, 2.05) is 0 Å². The summed E-state index contributed by atoms with van der Waals surface area (Å²) in [4.78, 5) is 6.58. The van der Waals surface area contributed by atoms with E-state index in [2.05, 4.69) is 23.7 Å². The second-order valence-corrected chi connectivity index (χ2v) is 4.38. The molecule has 4 heteroatoms. The van der Waals surface area contributed by atoms with Gasteiger partial charge in [0.2, 0.25) is 0 Å². The van der Waals surface area contributed by atoms with Crippen molar-refractivity contribution in [1.82, 2.24) is 4.90 Å². The van der Waals surface area contributed by atoms with Gasteiger partial charge in [-0.05, 0) is 26.7 Å². The van der Waals surface area contributed by atoms with Crippen molar-refractivity contribution in [1.29, 1.82) is 0 Å². The van der Waals surface area contributed by atoms with E-state index in [0.29, 0.717) is 12.0 Å². The van der Waals surface area contributed by atoms with E-state index in [1.165, 1.54) is 12.8 Å². The number of ether oxygens (including phenoxy) is 1. The molecular formula is C10H19N3O. The maximum Gasteiger partial charge on any atom is 0.191 e. The first-order chi connectivity index (χ1) is 6.65. The highest BCUT2D eigenvalue weighted by Crippen LogP contribution is 2.23. The SMILES string of the molecule is C[C@@H]1CN(C(N)=NC2CC2)C[C@H](C)O1. The zero-order valence-corrected chi connectivity index (χ0v) is 8.94. The van der Waals surface area contributed by atoms with Crippen LogP contribution in [0.3, 0.4) is 0 Å². The van der Waals surface area contributed by atoms with Gasteiger partial charge in [-0.1, -0.05) is 0 Å². The highest BCUT2D eigenvalue weighted by atomic mass is 16.5. The van der Waals surface area contributed by atoms with Crippen LogP contribution in [0.15, 0.2) is 4.99 Å². The van der Waals surface area contributed by atoms with Gasteiger partial charge in [0.25, 0.3) is 0 Å². The van der Waals surface area contributed by atoms with Crippen molar-refractivity contribution in [3.63, 3.8) is 0 Å². The first-order valence-corrected chi connectivity index (χ1v) is 5.39. The van der Waals surface area contributed by atoms with E-state index in [0.717, 1.165) is 13.1 Å². The van der Waals surface area contributed by atoms with Gasteiger partial charge in [-0.25, -0.2) is 4.99 Å². The molecule has 0 aromatic rings. The van der Waals surface area contributed by atoms with Gasteiger partial charge in [0, 0.05) is 13.1 Å². The summed E-state index contributed by atoms with van der Waals surface area (Å²) in [5, 5.41) is 0. The van der Waals surface area contributed by atoms with E-state index < -0.39 is 0 Å². The molecule has 2 aliphatic rings. The normalized spacial score (nSPS) is 34.7. The molecule has 14 heavy (non-hydrogen) atoms. The maximum absolute atomic E-state index is 5.93. The highest BCUT2D eigenvalue weighted by molar-refractivity contribution is 5.78. The van der Waals surface area contributed by atoms with E-state index in [9.17, 15) is 0 Å². The van der Waals surface area contributed by atoms with Crippen LogP contribution in [0.5, 0.6) is 0 Å². The van der Waals surface area contributed by atoms with Crippen molar-refractivity contribution in [2.75, 3.05) is 13.1 Å². The van der Waals surface area contributed by atoms with Gasteiger partial charge >= 0.3 is 0 Å². The third-order valence-corrected chi connectivity index (χ3v) is 2.61. The molecule has 1 aliphatic carbocycles. The molecule has 2 fully saturated rings. The Kier molecular flexibility index (Phi) is 2.63. The summed E-state index contributed by atoms with van der Waals surface area (Å²) in [5.74, 6) is 0.703. The third-order valence-electron chi connectivity index (χ3n) is 2.61. The van der Waals surface area contributed by atoms with E-state index in [-0.39, 0.29) is 12.2 Å². The zero-order chi connectivity index (χ0) is 10.1. The van der Waals surface area contributed by atoms with Crippen LogP contribution in [-0.4, -0.2) is 42.2 Å². The monoisotopic (exact) mass is 197 g/mol. The largest absolute Gasteiger partial charge is 0.372 e. The van der Waals surface area contributed by atoms with Crippen LogP contribution in [0.4, 0.5) is 0 Å². The second kappa shape index (κ2) is 3.77. The predicted molar refractivity (Wildman–Crippen MR) is 56.2 cm³/mol. The number of guanidine groups is 1. The number of aliphatic imine (C=N–C) groups is 1. The first-order valence-electron chi connectivity index (χ1n) is 5.39. The molecule has 80 valence electrons. The summed E-state index contributed by atoms with van der Waals surface area (Å²) in [7, 11) is 0. The molecule has 4 nitrogen and oxygen atoms in total. The fraction of sp³-hybridized carbons (Fsp3) is 0.900. The van der Waals surface area contributed by atoms with Crippen molar-refractivity contribution >= 4 is 5.96 Å². The Labute approximate surface area is 85.1 Å². The molecule has 2 N–H and O–H groups in total. The van der Waals surface area contributed by atoms with Gasteiger partial charge in [-0.3, -0.25) is 0 Å². The second-order valence-electron chi connectivity index (χ2n) is 4.38. The minimum absolute atomic E-state index is 0.256. The summed E-state index contributed by atoms with van der Waals surface area (Å²) >= 11 is 0. The first kappa shape index (κ1) is 9.77. The van der Waals surface area contributed by atoms with Gasteiger partial charge in [-0.15, -0.1) is 0 Å². The molecule has 0 aromatic heterocycles. The van der Waals surface area contributed by atoms with Crippen molar-refractivity contribution in [3.05, 3.63) is 0 Å². The number of morpholine rings is 1. The Morgan fingerprint density at radius 1 is 1.29 bits per heavy atom. The molecule has 0 radical (unpaired) electrons. The number of hydrogen-bond donors (Lipinski definition) is 1. The van der Waals surface area contributed by atoms with Gasteiger partial charge in [-0.2, -0.15) is 0 Å². The van der Waals surface area contributed by atoms with Gasteiger partial charge in [0.1, 0.15) is 0 Å². The fourth-order valence-corrected chi connectivity index (χ4v) is 1.84. The standard InChI is InChI=1S/C10H19N3O/c1-7-5-13(6-8(2)14-7)10(11)12-9-3-4-9/h7-9H,3-6H2,1-2H3,(H2,11,12)/t7-,8+. The Bertz CT molecular complexity index is 228. The van der Waals surface area contributed by atoms with Gasteiger partial charge in [0.05, 0.1) is 18.2 Å². The minimum atomic E-state index is 0.256. The van der Waals surface area contributed by atoms with Crippen LogP contribution in [0.1, 0.15) is 26.7 Å². The summed E-state index contributed by atoms with van der Waals surface area (Å²) in [6, 6.07) is 0.503. The van der Waals surface area contributed by atoms with Crippen molar-refractivity contribution < 1.29 is 4.74 Å². The van der Waals surface area contributed by atoms with Crippen LogP contribution in [0, 0.1) is 0 Å². The Balaban J connectivity index is 1.94. The minimum Gasteiger partial charge on any atom is -0.372 e. The van der Waals surface area contributed by atoms with Crippen LogP contribution < -0.4 is 5.73 Å². The summed E-state index contributed by atoms with van der Waals surface area (Å²) in [6.07, 6.45) is 2.92. The highest BCUT2D eigenvalue weighted by Gasteiger charge is 2.26. The number of nitrogens with zero attached hydrogens (tertiary/aromatic N) is 2. The Hall–Kier alpha value is -0.770. The van der Waals surface area contributed by atoms with Gasteiger partial charge < -0.3 is 15.4 Å². The summed E-state index contributed by atoms with van der Waals surface area (Å²) < 4.78 is 5.63. The van der Waals surface area contributed by atoms with E-state index in [1.54, 1.807) is 0 Å². The average Bonchev–Trinajstić information content (AvgIpc) is 2.86. The average molecular weight is 197 g/mol. The third kappa shape index (κ3) is 2.38. The molecule has 0 amide bonds. The molecule has 1 saturated heterocycles. The summed E-state index contributed by atoms with van der Waals surface area (Å²) in [5.41, 5.74) is 5.93. The van der Waals surface area contributed by atoms with Crippen LogP contribution in [0.25, 0.3) is 0 Å². The molecule has 0 aromatic carbocycles. The van der Waals surface area contributed by atoms with Crippen molar-refractivity contribution in [2.45, 2.75) is 44.9 Å². The lowest BCUT2D eigenvalue weighted by molar-refractivity contribution is -0.0484. The molecule has 1 saturated carbocycles. The van der Waals surface area contributed by atoms with Gasteiger partial charge in [0.15, 0.2) is 5.96 Å². The van der Waals surface area contributed by atoms with Crippen molar-refractivity contribution in [2.24, 2.45) is 10.7 Å². The Morgan fingerprint density at radius 3 is 2.36 bits per heavy atom. The number of rotatable bonds is 1. The van der Waals surface area contributed by atoms with E-state index >= 15 is 0 Å². The van der Waals surface area contributed by atoms with Crippen LogP contribution in [-0.2, 0) is 4.74 Å². The topological polar surface area (TPSA) is 50.8 Å². The molecule has 1 aliphatic heterocycles. The molecule has 0 unspecified atom stereocenters. The predicted octanol–water partition coefficient (Wildman–Crippen LogP) is 0.573. The molecule has 2 rings (SSSR count). The lowest BCUT2D eigenvalue weighted by Gasteiger charge is -2.35. The van der Waals surface area contributed by atoms with Crippen LogP contribution in [0.2, 0.25) is 0 Å². The molecule has 0 spiro atoms. The quantitative estimate of drug-likeness (QED) is 0.494. The van der Waals surface area contributed by atoms with E-state index in [4.69, 9.17) is 10.5 Å². The van der Waals surface area contributed by atoms with Crippen molar-refractivity contribution in [3.8, 4) is 0 Å². The molecule has 1 heterocycles. The number of hydrogen-bond acceptors (Lipinski definition) is 2. The lowest BCUT2D eigenvalue weighted by atomic mass is 10.2. The van der Waals surface area contributed by atoms with Crippen LogP contribution >= 0.6 is 0 Å². The molecule has 2 atom stereocenters. The lowest BCUT2D eigenvalue weighted by Crippen LogP contribution is -2.51. The Morgan fingerprint density at radius 2 is 1.86 bits per heavy atom. The smallest absolute Gasteiger partial charge is 0.191 e. The maximum atomic E-state index is 5.93. The molecule has 0 bridgehead atoms. The fourth-order valence-electron chi connectivity index (χ4n) is 1.84. The number of nitrogens with two attached hydrogens (primary N) is 1. The molecular weight excluding hydrogens is 178 g/mol. The zero-order valence-electron chi connectivity index (χ0n) is 8.94.